The summed E-state index contributed by atoms with van der Waals surface area (Å²) in [5.41, 5.74) is -0.430. The van der Waals surface area contributed by atoms with Crippen molar-refractivity contribution in [2.45, 2.75) is 0 Å². The number of ether oxygens (including phenoxy) is 1. The Labute approximate surface area is 193 Å². The summed E-state index contributed by atoms with van der Waals surface area (Å²) in [7, 11) is -1.97. The number of hydrogen-bond donors (Lipinski definition) is 0. The molecule has 0 heterocycles. The van der Waals surface area contributed by atoms with Gasteiger partial charge in [-0.25, -0.2) is 0 Å². The Bertz CT molecular complexity index is 1160. The molecule has 9 heteroatoms. The molecule has 0 amide bonds. The van der Waals surface area contributed by atoms with Crippen LogP contribution in [-0.4, -0.2) is 18.4 Å². The predicted octanol–water partition coefficient (Wildman–Crippen LogP) is 6.57. The molecule has 0 N–H and O–H groups in total. The Balaban J connectivity index is 2.12. The summed E-state index contributed by atoms with van der Waals surface area (Å²) in [5.74, 6) is -0.503. The van der Waals surface area contributed by atoms with Gasteiger partial charge in [-0.3, -0.25) is 9.59 Å². The smallest absolute Gasteiger partial charge is 0.226 e. The van der Waals surface area contributed by atoms with Crippen LogP contribution in [0.1, 0.15) is 26.3 Å². The summed E-state index contributed by atoms with van der Waals surface area (Å²) in [4.78, 5) is 25.7. The van der Waals surface area contributed by atoms with Crippen LogP contribution in [0.15, 0.2) is 54.6 Å². The van der Waals surface area contributed by atoms with E-state index in [0.717, 1.165) is 0 Å². The second-order valence-electron chi connectivity index (χ2n) is 6.08. The van der Waals surface area contributed by atoms with Crippen LogP contribution in [0, 0.1) is 0 Å². The molecule has 0 fully saturated rings. The topological polar surface area (TPSA) is 60.4 Å². The van der Waals surface area contributed by atoms with Crippen LogP contribution in [0.3, 0.4) is 0 Å². The van der Waals surface area contributed by atoms with Gasteiger partial charge in [0, 0.05) is 11.1 Å². The Kier molecular flexibility index (Phi) is 7.28. The lowest BCUT2D eigenvalue weighted by molar-refractivity contribution is 0.103. The average molecular weight is 502 g/mol. The molecule has 0 radical (unpaired) electrons. The molecular weight excluding hydrogens is 489 g/mol. The minimum Gasteiger partial charge on any atom is -0.494 e. The maximum atomic E-state index is 13.2. The number of rotatable bonds is 6. The van der Waals surface area contributed by atoms with Crippen LogP contribution >= 0.6 is 54.2 Å². The third kappa shape index (κ3) is 4.30. The van der Waals surface area contributed by atoms with Gasteiger partial charge in [-0.05, 0) is 18.2 Å². The number of carbonyl (C=O) groups excluding carboxylic acids is 2. The van der Waals surface area contributed by atoms with Crippen molar-refractivity contribution >= 4 is 70.8 Å². The van der Waals surface area contributed by atoms with Gasteiger partial charge in [0.2, 0.25) is 5.52 Å². The summed E-state index contributed by atoms with van der Waals surface area (Å²) < 4.78 is 18.5. The van der Waals surface area contributed by atoms with E-state index in [9.17, 15) is 14.2 Å². The third-order valence-corrected chi connectivity index (χ3v) is 7.36. The molecule has 0 saturated carbocycles. The van der Waals surface area contributed by atoms with Crippen molar-refractivity contribution < 1.29 is 18.9 Å². The highest BCUT2D eigenvalue weighted by atomic mass is 35.5. The first-order valence-electron chi connectivity index (χ1n) is 8.46. The van der Waals surface area contributed by atoms with Crippen molar-refractivity contribution in [3.63, 3.8) is 0 Å². The van der Waals surface area contributed by atoms with E-state index in [2.05, 4.69) is 0 Å². The molecule has 1 atom stereocenters. The zero-order chi connectivity index (χ0) is 22.0. The molecule has 3 rings (SSSR count). The predicted molar refractivity (Wildman–Crippen MR) is 122 cm³/mol. The fraction of sp³-hybridized carbons (Fsp3) is 0.0476. The minimum absolute atomic E-state index is 0.0583. The summed E-state index contributed by atoms with van der Waals surface area (Å²) in [5, 5.41) is -0.163. The Morgan fingerprint density at radius 2 is 1.47 bits per heavy atom. The van der Waals surface area contributed by atoms with Crippen molar-refractivity contribution in [1.82, 2.24) is 0 Å². The summed E-state index contributed by atoms with van der Waals surface area (Å²) in [6, 6.07) is 14.2. The Morgan fingerprint density at radius 1 is 0.867 bits per heavy atom. The summed E-state index contributed by atoms with van der Waals surface area (Å²) in [6.45, 7) is 0. The summed E-state index contributed by atoms with van der Waals surface area (Å²) >= 11 is 24.9. The molecule has 0 aromatic heterocycles. The zero-order valence-corrected chi connectivity index (χ0v) is 19.4. The molecule has 154 valence electrons. The molecule has 0 aliphatic carbocycles. The lowest BCUT2D eigenvalue weighted by Crippen LogP contribution is -2.14. The maximum absolute atomic E-state index is 13.2. The average Bonchev–Trinajstić information content (AvgIpc) is 2.74. The van der Waals surface area contributed by atoms with E-state index >= 15 is 0 Å². The van der Waals surface area contributed by atoms with Crippen LogP contribution in [0.25, 0.3) is 0 Å². The van der Waals surface area contributed by atoms with E-state index in [1.54, 1.807) is 36.4 Å². The SMILES string of the molecule is COc1c(Cl)c(C(=O)c2ccccc2)cc(Cl)c1[PH](=O)C(=O)c1c(Cl)cccc1Cl. The number of ketones is 1. The number of hydrogen-bond acceptors (Lipinski definition) is 4. The fourth-order valence-corrected chi connectivity index (χ4v) is 5.88. The highest BCUT2D eigenvalue weighted by Gasteiger charge is 2.30. The number of halogens is 4. The van der Waals surface area contributed by atoms with Gasteiger partial charge in [0.1, 0.15) is 0 Å². The molecule has 0 saturated heterocycles. The van der Waals surface area contributed by atoms with Gasteiger partial charge in [0.15, 0.2) is 19.3 Å². The van der Waals surface area contributed by atoms with Crippen molar-refractivity contribution in [2.24, 2.45) is 0 Å². The zero-order valence-electron chi connectivity index (χ0n) is 15.3. The molecule has 1 unspecified atom stereocenters. The van der Waals surface area contributed by atoms with Gasteiger partial charge in [0.05, 0.1) is 38.1 Å². The standard InChI is InChI=1S/C21H13Cl4O4P/c1-29-19-17(25)12(18(26)11-6-3-2-4-7-11)10-15(24)20(19)30(28)21(27)16-13(22)8-5-9-14(16)23/h2-10,30H,1H3. The molecule has 30 heavy (non-hydrogen) atoms. The summed E-state index contributed by atoms with van der Waals surface area (Å²) in [6.07, 6.45) is 0. The van der Waals surface area contributed by atoms with Crippen LogP contribution in [-0.2, 0) is 4.57 Å². The number of methoxy groups -OCH3 is 1. The van der Waals surface area contributed by atoms with Gasteiger partial charge in [0.25, 0.3) is 0 Å². The Morgan fingerprint density at radius 3 is 2.03 bits per heavy atom. The monoisotopic (exact) mass is 500 g/mol. The van der Waals surface area contributed by atoms with E-state index in [1.807, 2.05) is 0 Å². The van der Waals surface area contributed by atoms with Gasteiger partial charge >= 0.3 is 0 Å². The van der Waals surface area contributed by atoms with Crippen LogP contribution in [0.5, 0.6) is 5.75 Å². The molecule has 0 spiro atoms. The van der Waals surface area contributed by atoms with Crippen LogP contribution in [0.2, 0.25) is 20.1 Å². The van der Waals surface area contributed by atoms with E-state index in [0.29, 0.717) is 5.56 Å². The molecule has 0 bridgehead atoms. The van der Waals surface area contributed by atoms with Gasteiger partial charge < -0.3 is 9.30 Å². The van der Waals surface area contributed by atoms with E-state index < -0.39 is 19.1 Å². The lowest BCUT2D eigenvalue weighted by atomic mass is 10.0. The van der Waals surface area contributed by atoms with Crippen LogP contribution in [0.4, 0.5) is 0 Å². The molecule has 0 aliphatic rings. The highest BCUT2D eigenvalue weighted by molar-refractivity contribution is 7.72. The third-order valence-electron chi connectivity index (χ3n) is 4.28. The molecule has 4 nitrogen and oxygen atoms in total. The lowest BCUT2D eigenvalue weighted by Gasteiger charge is -2.15. The first-order valence-corrected chi connectivity index (χ1v) is 11.4. The van der Waals surface area contributed by atoms with Gasteiger partial charge in [-0.1, -0.05) is 82.8 Å². The highest BCUT2D eigenvalue weighted by Crippen LogP contribution is 2.42. The quantitative estimate of drug-likeness (QED) is 0.283. The minimum atomic E-state index is -3.25. The maximum Gasteiger partial charge on any atom is 0.226 e. The van der Waals surface area contributed by atoms with Gasteiger partial charge in [-0.15, -0.1) is 0 Å². The van der Waals surface area contributed by atoms with Crippen LogP contribution < -0.4 is 10.0 Å². The molecule has 3 aromatic rings. The van der Waals surface area contributed by atoms with E-state index in [4.69, 9.17) is 51.1 Å². The molecule has 0 aliphatic heterocycles. The second kappa shape index (κ2) is 9.55. The van der Waals surface area contributed by atoms with Crippen molar-refractivity contribution in [3.05, 3.63) is 91.4 Å². The largest absolute Gasteiger partial charge is 0.494 e. The normalized spacial score (nSPS) is 11.8. The first-order chi connectivity index (χ1) is 14.3. The van der Waals surface area contributed by atoms with E-state index in [1.165, 1.54) is 25.3 Å². The number of benzene rings is 3. The number of carbonyl (C=O) groups is 2. The fourth-order valence-electron chi connectivity index (χ4n) is 2.86. The van der Waals surface area contributed by atoms with Crippen molar-refractivity contribution in [1.29, 1.82) is 0 Å². The first kappa shape index (κ1) is 22.9. The second-order valence-corrected chi connectivity index (χ2v) is 9.29. The molecular formula is C21H13Cl4O4P. The Hall–Kier alpha value is -1.81. The molecule has 3 aromatic carbocycles. The van der Waals surface area contributed by atoms with Crippen molar-refractivity contribution in [2.75, 3.05) is 7.11 Å². The van der Waals surface area contributed by atoms with E-state index in [-0.39, 0.29) is 42.3 Å². The van der Waals surface area contributed by atoms with Crippen molar-refractivity contribution in [3.8, 4) is 5.75 Å². The van der Waals surface area contributed by atoms with Gasteiger partial charge in [-0.2, -0.15) is 0 Å².